The number of nitrogens with one attached hydrogen (secondary N) is 2. The van der Waals surface area contributed by atoms with Crippen LogP contribution in [-0.2, 0) is 4.79 Å². The summed E-state index contributed by atoms with van der Waals surface area (Å²) in [6.45, 7) is 3.96. The molecular formula is C27H28N2O3. The van der Waals surface area contributed by atoms with Crippen molar-refractivity contribution in [3.05, 3.63) is 95.6 Å². The van der Waals surface area contributed by atoms with Gasteiger partial charge in [-0.25, -0.2) is 0 Å². The molecule has 0 radical (unpaired) electrons. The predicted octanol–water partition coefficient (Wildman–Crippen LogP) is 5.40. The van der Waals surface area contributed by atoms with Gasteiger partial charge in [-0.2, -0.15) is 0 Å². The lowest BCUT2D eigenvalue weighted by molar-refractivity contribution is -0.111. The van der Waals surface area contributed by atoms with Crippen molar-refractivity contribution < 1.29 is 14.3 Å². The monoisotopic (exact) mass is 428 g/mol. The van der Waals surface area contributed by atoms with E-state index in [9.17, 15) is 9.59 Å². The van der Waals surface area contributed by atoms with Crippen molar-refractivity contribution in [2.24, 2.45) is 0 Å². The van der Waals surface area contributed by atoms with Crippen molar-refractivity contribution >= 4 is 29.2 Å². The zero-order valence-electron chi connectivity index (χ0n) is 18.6. The number of hydrogen-bond donors (Lipinski definition) is 2. The summed E-state index contributed by atoms with van der Waals surface area (Å²) < 4.78 is 5.22. The van der Waals surface area contributed by atoms with Crippen molar-refractivity contribution in [1.82, 2.24) is 5.32 Å². The summed E-state index contributed by atoms with van der Waals surface area (Å²) in [7, 11) is 1.61. The van der Waals surface area contributed by atoms with Crippen LogP contribution in [0.25, 0.3) is 11.6 Å². The van der Waals surface area contributed by atoms with Crippen molar-refractivity contribution in [2.75, 3.05) is 12.4 Å². The van der Waals surface area contributed by atoms with Crippen LogP contribution < -0.4 is 15.4 Å². The standard InChI is InChI=1S/C27H28N2O3/c1-4-19(2)28-26(30)23-12-8-9-13-25(23)29-27(31)24(21-10-6-5-7-11-21)18-20-14-16-22(32-3)17-15-20/h5-19H,4H2,1-3H3,(H,28,30)(H,29,31)/b24-18+/t19-/m0/s1. The molecule has 0 fully saturated rings. The highest BCUT2D eigenvalue weighted by Gasteiger charge is 2.17. The maximum atomic E-state index is 13.4. The SMILES string of the molecule is CC[C@H](C)NC(=O)c1ccccc1NC(=O)/C(=C/c1ccc(OC)cc1)c1ccccc1. The number of amides is 2. The van der Waals surface area contributed by atoms with Gasteiger partial charge in [0.25, 0.3) is 11.8 Å². The molecule has 0 bridgehead atoms. The summed E-state index contributed by atoms with van der Waals surface area (Å²) in [5.41, 5.74) is 3.03. The van der Waals surface area contributed by atoms with Crippen LogP contribution in [0, 0.1) is 0 Å². The molecule has 0 saturated carbocycles. The largest absolute Gasteiger partial charge is 0.497 e. The van der Waals surface area contributed by atoms with E-state index >= 15 is 0 Å². The Morgan fingerprint density at radius 1 is 0.938 bits per heavy atom. The van der Waals surface area contributed by atoms with Crippen LogP contribution in [0.3, 0.4) is 0 Å². The highest BCUT2D eigenvalue weighted by atomic mass is 16.5. The first-order valence-electron chi connectivity index (χ1n) is 10.6. The molecule has 0 heterocycles. The van der Waals surface area contributed by atoms with E-state index in [1.165, 1.54) is 0 Å². The Kier molecular flexibility index (Phi) is 7.81. The molecule has 5 nitrogen and oxygen atoms in total. The van der Waals surface area contributed by atoms with E-state index in [2.05, 4.69) is 10.6 Å². The number of ether oxygens (including phenoxy) is 1. The summed E-state index contributed by atoms with van der Waals surface area (Å²) in [6, 6.07) is 24.0. The molecule has 0 aromatic heterocycles. The van der Waals surface area contributed by atoms with E-state index in [1.54, 1.807) is 31.4 Å². The number of methoxy groups -OCH3 is 1. The van der Waals surface area contributed by atoms with E-state index in [4.69, 9.17) is 4.74 Å². The number of carbonyl (C=O) groups is 2. The van der Waals surface area contributed by atoms with Crippen molar-refractivity contribution in [3.63, 3.8) is 0 Å². The lowest BCUT2D eigenvalue weighted by atomic mass is 10.0. The third kappa shape index (κ3) is 5.85. The first kappa shape index (κ1) is 22.8. The van der Waals surface area contributed by atoms with Crippen molar-refractivity contribution in [3.8, 4) is 5.75 Å². The molecule has 164 valence electrons. The second-order valence-corrected chi connectivity index (χ2v) is 7.48. The molecule has 32 heavy (non-hydrogen) atoms. The molecule has 0 aliphatic heterocycles. The molecule has 3 aromatic rings. The Labute approximate surface area is 189 Å². The summed E-state index contributed by atoms with van der Waals surface area (Å²) in [6.07, 6.45) is 2.65. The Morgan fingerprint density at radius 3 is 2.25 bits per heavy atom. The van der Waals surface area contributed by atoms with Crippen LogP contribution in [0.4, 0.5) is 5.69 Å². The molecule has 0 unspecified atom stereocenters. The van der Waals surface area contributed by atoms with Gasteiger partial charge in [-0.05, 0) is 54.8 Å². The normalized spacial score (nSPS) is 12.0. The van der Waals surface area contributed by atoms with Gasteiger partial charge in [0, 0.05) is 11.6 Å². The minimum atomic E-state index is -0.296. The smallest absolute Gasteiger partial charge is 0.256 e. The fraction of sp³-hybridized carbons (Fsp3) is 0.185. The number of rotatable bonds is 8. The molecule has 0 saturated heterocycles. The quantitative estimate of drug-likeness (QED) is 0.373. The van der Waals surface area contributed by atoms with Gasteiger partial charge in [-0.15, -0.1) is 0 Å². The molecule has 0 spiro atoms. The number of hydrogen-bond acceptors (Lipinski definition) is 3. The van der Waals surface area contributed by atoms with E-state index in [0.717, 1.165) is 23.3 Å². The molecule has 3 aromatic carbocycles. The first-order chi connectivity index (χ1) is 15.5. The second-order valence-electron chi connectivity index (χ2n) is 7.48. The zero-order valence-corrected chi connectivity index (χ0v) is 18.6. The van der Waals surface area contributed by atoms with E-state index in [-0.39, 0.29) is 17.9 Å². The molecule has 3 rings (SSSR count). The number of carbonyl (C=O) groups excluding carboxylic acids is 2. The molecule has 2 N–H and O–H groups in total. The fourth-order valence-electron chi connectivity index (χ4n) is 3.15. The van der Waals surface area contributed by atoms with Gasteiger partial charge in [0.2, 0.25) is 0 Å². The first-order valence-corrected chi connectivity index (χ1v) is 10.6. The van der Waals surface area contributed by atoms with Crippen LogP contribution in [0.1, 0.15) is 41.8 Å². The number of benzene rings is 3. The van der Waals surface area contributed by atoms with E-state index < -0.39 is 0 Å². The van der Waals surface area contributed by atoms with Gasteiger partial charge in [-0.1, -0.05) is 61.5 Å². The van der Waals surface area contributed by atoms with Gasteiger partial charge in [0.1, 0.15) is 5.75 Å². The third-order valence-electron chi connectivity index (χ3n) is 5.17. The fourth-order valence-corrected chi connectivity index (χ4v) is 3.15. The average Bonchev–Trinajstić information content (AvgIpc) is 2.83. The highest BCUT2D eigenvalue weighted by molar-refractivity contribution is 6.29. The average molecular weight is 429 g/mol. The van der Waals surface area contributed by atoms with Gasteiger partial charge in [0.15, 0.2) is 0 Å². The van der Waals surface area contributed by atoms with Crippen molar-refractivity contribution in [1.29, 1.82) is 0 Å². The Bertz CT molecular complexity index is 1090. The van der Waals surface area contributed by atoms with Crippen molar-refractivity contribution in [2.45, 2.75) is 26.3 Å². The number of anilines is 1. The van der Waals surface area contributed by atoms with Gasteiger partial charge >= 0.3 is 0 Å². The molecule has 5 heteroatoms. The van der Waals surface area contributed by atoms with Crippen LogP contribution in [0.5, 0.6) is 5.75 Å². The maximum Gasteiger partial charge on any atom is 0.256 e. The van der Waals surface area contributed by atoms with Crippen LogP contribution in [0.15, 0.2) is 78.9 Å². The van der Waals surface area contributed by atoms with Gasteiger partial charge in [0.05, 0.1) is 18.4 Å². The summed E-state index contributed by atoms with van der Waals surface area (Å²) in [4.78, 5) is 26.1. The van der Waals surface area contributed by atoms with Crippen LogP contribution >= 0.6 is 0 Å². The Morgan fingerprint density at radius 2 is 1.59 bits per heavy atom. The Balaban J connectivity index is 1.93. The van der Waals surface area contributed by atoms with Gasteiger partial charge in [-0.3, -0.25) is 9.59 Å². The van der Waals surface area contributed by atoms with E-state index in [0.29, 0.717) is 16.8 Å². The third-order valence-corrected chi connectivity index (χ3v) is 5.17. The van der Waals surface area contributed by atoms with Gasteiger partial charge < -0.3 is 15.4 Å². The zero-order chi connectivity index (χ0) is 22.9. The second kappa shape index (κ2) is 11.0. The summed E-state index contributed by atoms with van der Waals surface area (Å²) in [5.74, 6) is 0.237. The summed E-state index contributed by atoms with van der Waals surface area (Å²) in [5, 5.41) is 5.89. The molecule has 0 aliphatic carbocycles. The maximum absolute atomic E-state index is 13.4. The lowest BCUT2D eigenvalue weighted by Gasteiger charge is -2.15. The molecule has 2 amide bonds. The lowest BCUT2D eigenvalue weighted by Crippen LogP contribution is -2.32. The predicted molar refractivity (Wildman–Crippen MR) is 130 cm³/mol. The highest BCUT2D eigenvalue weighted by Crippen LogP contribution is 2.23. The van der Waals surface area contributed by atoms with E-state index in [1.807, 2.05) is 74.5 Å². The summed E-state index contributed by atoms with van der Waals surface area (Å²) >= 11 is 0. The Hall–Kier alpha value is -3.86. The molecule has 0 aliphatic rings. The molecule has 1 atom stereocenters. The molecular weight excluding hydrogens is 400 g/mol. The van der Waals surface area contributed by atoms with Crippen LogP contribution in [0.2, 0.25) is 0 Å². The minimum Gasteiger partial charge on any atom is -0.497 e. The topological polar surface area (TPSA) is 67.4 Å². The van der Waals surface area contributed by atoms with Crippen LogP contribution in [-0.4, -0.2) is 25.0 Å². The minimum absolute atomic E-state index is 0.0427. The number of para-hydroxylation sites is 1.